The van der Waals surface area contributed by atoms with E-state index in [0.29, 0.717) is 32.3 Å². The van der Waals surface area contributed by atoms with Gasteiger partial charge in [0.15, 0.2) is 0 Å². The first-order valence-corrected chi connectivity index (χ1v) is 8.00. The number of carbonyl (C=O) groups excluding carboxylic acids is 1. The van der Waals surface area contributed by atoms with Crippen LogP contribution in [0.25, 0.3) is 0 Å². The van der Waals surface area contributed by atoms with Gasteiger partial charge in [0.25, 0.3) is 0 Å². The molecule has 1 fully saturated rings. The highest BCUT2D eigenvalue weighted by Gasteiger charge is 2.31. The van der Waals surface area contributed by atoms with Crippen LogP contribution < -0.4 is 9.64 Å². The van der Waals surface area contributed by atoms with Crippen LogP contribution in [0.1, 0.15) is 34.6 Å². The van der Waals surface area contributed by atoms with Crippen LogP contribution in [-0.2, 0) is 4.74 Å². The molecule has 1 aliphatic heterocycles. The molecule has 23 heavy (non-hydrogen) atoms. The molecule has 0 spiro atoms. The Labute approximate surface area is 137 Å². The van der Waals surface area contributed by atoms with Gasteiger partial charge in [-0.15, -0.1) is 0 Å². The maximum atomic E-state index is 12.2. The third-order valence-electron chi connectivity index (χ3n) is 3.47. The summed E-state index contributed by atoms with van der Waals surface area (Å²) in [7, 11) is 0. The molecule has 7 heteroatoms. The molecule has 0 radical (unpaired) electrons. The maximum Gasteiger partial charge on any atom is 0.410 e. The Hall–Kier alpha value is -2.05. The lowest BCUT2D eigenvalue weighted by molar-refractivity contribution is 0.0158. The van der Waals surface area contributed by atoms with E-state index in [4.69, 9.17) is 9.47 Å². The molecule has 0 aliphatic carbocycles. The molecule has 0 unspecified atom stereocenters. The van der Waals surface area contributed by atoms with Crippen molar-refractivity contribution < 1.29 is 14.3 Å². The number of hydrogen-bond donors (Lipinski definition) is 0. The summed E-state index contributed by atoms with van der Waals surface area (Å²) in [4.78, 5) is 24.6. The van der Waals surface area contributed by atoms with Crippen LogP contribution in [0.5, 0.6) is 6.01 Å². The summed E-state index contributed by atoms with van der Waals surface area (Å²) in [5.41, 5.74) is -0.479. The quantitative estimate of drug-likeness (QED) is 0.851. The fraction of sp³-hybridized carbons (Fsp3) is 0.688. The Bertz CT molecular complexity index is 544. The van der Waals surface area contributed by atoms with Gasteiger partial charge < -0.3 is 19.3 Å². The normalized spacial score (nSPS) is 18.7. The lowest BCUT2D eigenvalue weighted by Gasteiger charge is -2.40. The Balaban J connectivity index is 2.01. The number of nitrogens with zero attached hydrogens (tertiary/aromatic N) is 4. The number of ether oxygens (including phenoxy) is 2. The fourth-order valence-electron chi connectivity index (χ4n) is 2.46. The van der Waals surface area contributed by atoms with Crippen molar-refractivity contribution in [3.63, 3.8) is 0 Å². The number of piperazine rings is 1. The summed E-state index contributed by atoms with van der Waals surface area (Å²) in [5, 5.41) is 0. The molecule has 2 rings (SSSR count). The Morgan fingerprint density at radius 1 is 1.39 bits per heavy atom. The third kappa shape index (κ3) is 4.71. The van der Waals surface area contributed by atoms with Crippen LogP contribution in [0.2, 0.25) is 0 Å². The molecular weight excluding hydrogens is 296 g/mol. The molecule has 0 N–H and O–H groups in total. The minimum Gasteiger partial charge on any atom is -0.464 e. The van der Waals surface area contributed by atoms with E-state index in [9.17, 15) is 4.79 Å². The Morgan fingerprint density at radius 3 is 2.74 bits per heavy atom. The molecule has 1 amide bonds. The van der Waals surface area contributed by atoms with Crippen molar-refractivity contribution >= 4 is 11.9 Å². The first-order valence-electron chi connectivity index (χ1n) is 8.00. The molecule has 1 saturated heterocycles. The van der Waals surface area contributed by atoms with Crippen LogP contribution in [0.3, 0.4) is 0 Å². The van der Waals surface area contributed by atoms with Crippen molar-refractivity contribution in [3.05, 3.63) is 12.3 Å². The molecule has 128 valence electrons. The minimum atomic E-state index is -0.479. The van der Waals surface area contributed by atoms with E-state index in [0.717, 1.165) is 5.82 Å². The zero-order chi connectivity index (χ0) is 17.0. The van der Waals surface area contributed by atoms with Crippen molar-refractivity contribution in [2.75, 3.05) is 31.1 Å². The van der Waals surface area contributed by atoms with Gasteiger partial charge in [0.05, 0.1) is 6.61 Å². The summed E-state index contributed by atoms with van der Waals surface area (Å²) in [5.74, 6) is 0.819. The topological polar surface area (TPSA) is 67.8 Å². The number of carbonyl (C=O) groups is 1. The molecule has 2 heterocycles. The molecule has 1 aromatic rings. The second-order valence-corrected chi connectivity index (χ2v) is 6.60. The summed E-state index contributed by atoms with van der Waals surface area (Å²) < 4.78 is 10.8. The van der Waals surface area contributed by atoms with E-state index in [1.165, 1.54) is 0 Å². The minimum absolute atomic E-state index is 0.0455. The van der Waals surface area contributed by atoms with Gasteiger partial charge in [-0.2, -0.15) is 4.98 Å². The average molecular weight is 322 g/mol. The van der Waals surface area contributed by atoms with Crippen molar-refractivity contribution in [2.45, 2.75) is 46.3 Å². The van der Waals surface area contributed by atoms with Gasteiger partial charge in [-0.05, 0) is 40.7 Å². The molecule has 0 saturated carbocycles. The third-order valence-corrected chi connectivity index (χ3v) is 3.47. The second-order valence-electron chi connectivity index (χ2n) is 6.60. The van der Waals surface area contributed by atoms with Gasteiger partial charge in [0.2, 0.25) is 0 Å². The zero-order valence-electron chi connectivity index (χ0n) is 14.6. The summed E-state index contributed by atoms with van der Waals surface area (Å²) in [6.45, 7) is 12.1. The van der Waals surface area contributed by atoms with E-state index in [1.54, 1.807) is 11.1 Å². The van der Waals surface area contributed by atoms with E-state index in [2.05, 4.69) is 14.9 Å². The number of amides is 1. The lowest BCUT2D eigenvalue weighted by atomic mass is 10.2. The first kappa shape index (κ1) is 17.3. The van der Waals surface area contributed by atoms with Crippen molar-refractivity contribution in [3.8, 4) is 6.01 Å². The SMILES string of the molecule is CCOc1nccc(N2CCN(C(=O)OC(C)(C)C)[C@@H](C)C2)n1. The van der Waals surface area contributed by atoms with E-state index in [-0.39, 0.29) is 12.1 Å². The van der Waals surface area contributed by atoms with Crippen LogP contribution in [0, 0.1) is 0 Å². The van der Waals surface area contributed by atoms with Crippen molar-refractivity contribution in [2.24, 2.45) is 0 Å². The van der Waals surface area contributed by atoms with Gasteiger partial charge in [0.1, 0.15) is 11.4 Å². The Kier molecular flexibility index (Phi) is 5.28. The van der Waals surface area contributed by atoms with Gasteiger partial charge in [-0.3, -0.25) is 0 Å². The van der Waals surface area contributed by atoms with E-state index < -0.39 is 5.60 Å². The monoisotopic (exact) mass is 322 g/mol. The molecule has 7 nitrogen and oxygen atoms in total. The van der Waals surface area contributed by atoms with Crippen molar-refractivity contribution in [1.82, 2.24) is 14.9 Å². The number of hydrogen-bond acceptors (Lipinski definition) is 6. The molecule has 1 atom stereocenters. The zero-order valence-corrected chi connectivity index (χ0v) is 14.6. The maximum absolute atomic E-state index is 12.2. The lowest BCUT2D eigenvalue weighted by Crippen LogP contribution is -2.55. The second kappa shape index (κ2) is 7.02. The molecular formula is C16H26N4O3. The van der Waals surface area contributed by atoms with Crippen LogP contribution in [-0.4, -0.2) is 58.8 Å². The summed E-state index contributed by atoms with van der Waals surface area (Å²) in [6, 6.07) is 2.29. The fourth-order valence-corrected chi connectivity index (χ4v) is 2.46. The van der Waals surface area contributed by atoms with Gasteiger partial charge >= 0.3 is 12.1 Å². The molecule has 0 aromatic carbocycles. The van der Waals surface area contributed by atoms with Gasteiger partial charge in [-0.1, -0.05) is 0 Å². The van der Waals surface area contributed by atoms with E-state index in [1.807, 2.05) is 40.7 Å². The van der Waals surface area contributed by atoms with Crippen LogP contribution >= 0.6 is 0 Å². The van der Waals surface area contributed by atoms with Gasteiger partial charge in [-0.25, -0.2) is 9.78 Å². The first-order chi connectivity index (χ1) is 10.8. The number of rotatable bonds is 3. The summed E-state index contributed by atoms with van der Waals surface area (Å²) >= 11 is 0. The average Bonchev–Trinajstić information content (AvgIpc) is 2.46. The van der Waals surface area contributed by atoms with Gasteiger partial charge in [0, 0.05) is 31.9 Å². The smallest absolute Gasteiger partial charge is 0.410 e. The van der Waals surface area contributed by atoms with Crippen LogP contribution in [0.4, 0.5) is 10.6 Å². The standard InChI is InChI=1S/C16H26N4O3/c1-6-22-14-17-8-7-13(18-14)19-9-10-20(12(2)11-19)15(21)23-16(3,4)5/h7-8,12H,6,9-11H2,1-5H3/t12-/m0/s1. The van der Waals surface area contributed by atoms with Crippen LogP contribution in [0.15, 0.2) is 12.3 Å². The molecule has 1 aromatic heterocycles. The predicted octanol–water partition coefficient (Wildman–Crippen LogP) is 2.32. The predicted molar refractivity (Wildman–Crippen MR) is 87.8 cm³/mol. The summed E-state index contributed by atoms with van der Waals surface area (Å²) in [6.07, 6.45) is 1.43. The highest BCUT2D eigenvalue weighted by Crippen LogP contribution is 2.20. The number of aromatic nitrogens is 2. The highest BCUT2D eigenvalue weighted by molar-refractivity contribution is 5.69. The number of anilines is 1. The molecule has 1 aliphatic rings. The van der Waals surface area contributed by atoms with Crippen molar-refractivity contribution in [1.29, 1.82) is 0 Å². The molecule has 0 bridgehead atoms. The highest BCUT2D eigenvalue weighted by atomic mass is 16.6. The largest absolute Gasteiger partial charge is 0.464 e. The Morgan fingerprint density at radius 2 is 2.13 bits per heavy atom. The van der Waals surface area contributed by atoms with E-state index >= 15 is 0 Å².